The maximum Gasteiger partial charge on any atom is 0.342 e. The number of carbonyl (C=O) groups excluding carboxylic acids is 2. The van der Waals surface area contributed by atoms with E-state index < -0.39 is 5.97 Å². The summed E-state index contributed by atoms with van der Waals surface area (Å²) < 4.78 is 9.14. The van der Waals surface area contributed by atoms with Crippen LogP contribution in [0.25, 0.3) is 11.4 Å². The van der Waals surface area contributed by atoms with Gasteiger partial charge in [-0.25, -0.2) is 9.48 Å². The zero-order chi connectivity index (χ0) is 22.8. The summed E-state index contributed by atoms with van der Waals surface area (Å²) in [7, 11) is 0. The molecule has 0 radical (unpaired) electrons. The first kappa shape index (κ1) is 21.3. The number of rotatable bonds is 6. The molecule has 0 saturated carbocycles. The number of para-hydroxylation sites is 2. The monoisotopic (exact) mass is 427 g/mol. The van der Waals surface area contributed by atoms with E-state index in [1.54, 1.807) is 11.6 Å². The molecule has 162 valence electrons. The van der Waals surface area contributed by atoms with Gasteiger partial charge in [0.1, 0.15) is 5.56 Å². The van der Waals surface area contributed by atoms with Gasteiger partial charge in [0.05, 0.1) is 17.1 Å². The average molecular weight is 428 g/mol. The fraction of sp³-hybridized carbons (Fsp3) is 0.192. The van der Waals surface area contributed by atoms with E-state index in [-0.39, 0.29) is 12.4 Å². The molecular formula is C26H25N3O3. The number of nitrogens with zero attached hydrogens (tertiary/aromatic N) is 3. The van der Waals surface area contributed by atoms with E-state index >= 15 is 0 Å². The van der Waals surface area contributed by atoms with Crippen LogP contribution in [-0.4, -0.2) is 32.7 Å². The van der Waals surface area contributed by atoms with Crippen LogP contribution in [0.3, 0.4) is 0 Å². The molecule has 0 amide bonds. The Morgan fingerprint density at radius 3 is 2.06 bits per heavy atom. The highest BCUT2D eigenvalue weighted by molar-refractivity contribution is 6.01. The topological polar surface area (TPSA) is 66.1 Å². The predicted molar refractivity (Wildman–Crippen MR) is 123 cm³/mol. The number of esters is 1. The van der Waals surface area contributed by atoms with E-state index in [1.807, 2.05) is 92.1 Å². The van der Waals surface area contributed by atoms with Crippen LogP contribution in [0, 0.1) is 27.7 Å². The molecule has 0 atom stereocenters. The minimum atomic E-state index is -0.549. The van der Waals surface area contributed by atoms with Crippen molar-refractivity contribution in [1.29, 1.82) is 0 Å². The second-order valence-electron chi connectivity index (χ2n) is 7.75. The van der Waals surface area contributed by atoms with E-state index in [0.29, 0.717) is 22.5 Å². The summed E-state index contributed by atoms with van der Waals surface area (Å²) in [5.41, 5.74) is 5.77. The summed E-state index contributed by atoms with van der Waals surface area (Å²) in [4.78, 5) is 25.7. The highest BCUT2D eigenvalue weighted by atomic mass is 16.5. The molecule has 0 unspecified atom stereocenters. The molecule has 0 aliphatic carbocycles. The third kappa shape index (κ3) is 3.87. The lowest BCUT2D eigenvalue weighted by Gasteiger charge is -2.10. The highest BCUT2D eigenvalue weighted by Gasteiger charge is 2.23. The molecule has 4 aromatic rings. The molecule has 0 N–H and O–H groups in total. The van der Waals surface area contributed by atoms with Crippen molar-refractivity contribution in [2.75, 3.05) is 6.61 Å². The molecule has 0 saturated heterocycles. The van der Waals surface area contributed by atoms with Gasteiger partial charge in [-0.2, -0.15) is 5.10 Å². The Hall–Kier alpha value is -3.93. The quantitative estimate of drug-likeness (QED) is 0.323. The number of carbonyl (C=O) groups is 2. The number of aromatic nitrogens is 3. The first-order chi connectivity index (χ1) is 15.4. The summed E-state index contributed by atoms with van der Waals surface area (Å²) in [6, 6.07) is 21.3. The first-order valence-corrected chi connectivity index (χ1v) is 10.4. The Labute approximate surface area is 187 Å². The van der Waals surface area contributed by atoms with Crippen LogP contribution in [0.2, 0.25) is 0 Å². The Morgan fingerprint density at radius 2 is 1.44 bits per heavy atom. The van der Waals surface area contributed by atoms with Crippen molar-refractivity contribution in [2.45, 2.75) is 27.7 Å². The highest BCUT2D eigenvalue weighted by Crippen LogP contribution is 2.22. The van der Waals surface area contributed by atoms with Gasteiger partial charge in [-0.15, -0.1) is 0 Å². The summed E-state index contributed by atoms with van der Waals surface area (Å²) in [5, 5.41) is 4.48. The summed E-state index contributed by atoms with van der Waals surface area (Å²) in [5.74, 6) is -0.785. The SMILES string of the molecule is Cc1nn(-c2ccccc2)c(C)c1C(=O)OCC(=O)c1cc(C)n(-c2ccccc2)c1C. The van der Waals surface area contributed by atoms with Crippen LogP contribution in [0.15, 0.2) is 66.7 Å². The number of hydrogen-bond acceptors (Lipinski definition) is 4. The lowest BCUT2D eigenvalue weighted by atomic mass is 10.1. The molecule has 6 heteroatoms. The van der Waals surface area contributed by atoms with Crippen LogP contribution in [0.5, 0.6) is 0 Å². The fourth-order valence-electron chi connectivity index (χ4n) is 4.06. The lowest BCUT2D eigenvalue weighted by Crippen LogP contribution is -2.16. The van der Waals surface area contributed by atoms with E-state index in [2.05, 4.69) is 5.10 Å². The molecule has 2 heterocycles. The largest absolute Gasteiger partial charge is 0.454 e. The molecule has 32 heavy (non-hydrogen) atoms. The zero-order valence-electron chi connectivity index (χ0n) is 18.6. The van der Waals surface area contributed by atoms with Gasteiger partial charge in [-0.1, -0.05) is 36.4 Å². The predicted octanol–water partition coefficient (Wildman–Crippen LogP) is 4.94. The third-order valence-electron chi connectivity index (χ3n) is 5.58. The molecule has 0 bridgehead atoms. The Bertz CT molecular complexity index is 1290. The third-order valence-corrected chi connectivity index (χ3v) is 5.58. The van der Waals surface area contributed by atoms with Crippen molar-refractivity contribution in [3.8, 4) is 11.4 Å². The van der Waals surface area contributed by atoms with E-state index in [1.165, 1.54) is 0 Å². The van der Waals surface area contributed by atoms with Gasteiger partial charge >= 0.3 is 5.97 Å². The number of Topliss-reactive ketones (excluding diaryl/α,β-unsaturated/α-hetero) is 1. The second-order valence-corrected chi connectivity index (χ2v) is 7.75. The van der Waals surface area contributed by atoms with Crippen LogP contribution < -0.4 is 0 Å². The summed E-state index contributed by atoms with van der Waals surface area (Å²) >= 11 is 0. The zero-order valence-corrected chi connectivity index (χ0v) is 18.6. The molecule has 2 aromatic carbocycles. The molecule has 0 fully saturated rings. The Kier molecular flexibility index (Phi) is 5.77. The maximum absolute atomic E-state index is 12.9. The smallest absolute Gasteiger partial charge is 0.342 e. The maximum atomic E-state index is 12.9. The second kappa shape index (κ2) is 8.67. The normalized spacial score (nSPS) is 10.9. The molecule has 4 rings (SSSR count). The van der Waals surface area contributed by atoms with Gasteiger partial charge in [0.15, 0.2) is 6.61 Å². The lowest BCUT2D eigenvalue weighted by molar-refractivity contribution is 0.0473. The molecule has 0 aliphatic rings. The van der Waals surface area contributed by atoms with Gasteiger partial charge in [-0.05, 0) is 58.0 Å². The first-order valence-electron chi connectivity index (χ1n) is 10.4. The summed E-state index contributed by atoms with van der Waals surface area (Å²) in [6.45, 7) is 7.10. The number of benzene rings is 2. The van der Waals surface area contributed by atoms with Gasteiger partial charge < -0.3 is 9.30 Å². The molecule has 6 nitrogen and oxygen atoms in total. The van der Waals surface area contributed by atoms with Crippen molar-refractivity contribution >= 4 is 11.8 Å². The van der Waals surface area contributed by atoms with Crippen LogP contribution in [-0.2, 0) is 4.74 Å². The van der Waals surface area contributed by atoms with Crippen LogP contribution >= 0.6 is 0 Å². The van der Waals surface area contributed by atoms with Crippen molar-refractivity contribution in [2.24, 2.45) is 0 Å². The number of hydrogen-bond donors (Lipinski definition) is 0. The van der Waals surface area contributed by atoms with Gasteiger partial charge in [-0.3, -0.25) is 4.79 Å². The van der Waals surface area contributed by atoms with Gasteiger partial charge in [0, 0.05) is 22.6 Å². The van der Waals surface area contributed by atoms with E-state index in [4.69, 9.17) is 4.74 Å². The number of aryl methyl sites for hydroxylation is 2. The molecular weight excluding hydrogens is 402 g/mol. The minimum absolute atomic E-state index is 0.237. The standard InChI is InChI=1S/C26H25N3O3/c1-17-15-23(19(3)28(17)21-11-7-5-8-12-21)24(30)16-32-26(31)25-18(2)27-29(20(25)4)22-13-9-6-10-14-22/h5-15H,16H2,1-4H3. The van der Waals surface area contributed by atoms with Crippen LogP contribution in [0.4, 0.5) is 0 Å². The van der Waals surface area contributed by atoms with Crippen molar-refractivity contribution in [3.05, 3.63) is 101 Å². The number of ether oxygens (including phenoxy) is 1. The van der Waals surface area contributed by atoms with Crippen molar-refractivity contribution in [1.82, 2.24) is 14.3 Å². The Morgan fingerprint density at radius 1 is 0.844 bits per heavy atom. The number of ketones is 1. The minimum Gasteiger partial charge on any atom is -0.454 e. The van der Waals surface area contributed by atoms with Crippen molar-refractivity contribution < 1.29 is 14.3 Å². The average Bonchev–Trinajstić information content (AvgIpc) is 3.27. The molecule has 2 aromatic heterocycles. The summed E-state index contributed by atoms with van der Waals surface area (Å²) in [6.07, 6.45) is 0. The van der Waals surface area contributed by atoms with Crippen molar-refractivity contribution in [3.63, 3.8) is 0 Å². The fourth-order valence-corrected chi connectivity index (χ4v) is 4.06. The van der Waals surface area contributed by atoms with E-state index in [9.17, 15) is 9.59 Å². The van der Waals surface area contributed by atoms with Gasteiger partial charge in [0.2, 0.25) is 5.78 Å². The molecule has 0 spiro atoms. The van der Waals surface area contributed by atoms with Gasteiger partial charge in [0.25, 0.3) is 0 Å². The van der Waals surface area contributed by atoms with E-state index in [0.717, 1.165) is 22.8 Å². The van der Waals surface area contributed by atoms with Crippen LogP contribution in [0.1, 0.15) is 43.5 Å². The molecule has 0 aliphatic heterocycles. The Balaban J connectivity index is 1.52.